The van der Waals surface area contributed by atoms with E-state index in [1.165, 1.54) is 30.3 Å². The van der Waals surface area contributed by atoms with Gasteiger partial charge in [0.15, 0.2) is 0 Å². The Balaban J connectivity index is 2.17. The van der Waals surface area contributed by atoms with Crippen molar-refractivity contribution < 1.29 is 13.7 Å². The molecule has 0 aliphatic carbocycles. The number of nitrogens with zero attached hydrogens (tertiary/aromatic N) is 1. The van der Waals surface area contributed by atoms with Crippen molar-refractivity contribution in [3.63, 3.8) is 0 Å². The number of hydrogen-bond donors (Lipinski definition) is 1. The molecule has 104 valence electrons. The van der Waals surface area contributed by atoms with E-state index in [1.54, 1.807) is 0 Å². The molecule has 0 atom stereocenters. The molecule has 0 amide bonds. The van der Waals surface area contributed by atoms with Crippen LogP contribution < -0.4 is 5.32 Å². The molecule has 0 aromatic heterocycles. The monoisotopic (exact) mass is 342 g/mol. The molecule has 2 aromatic carbocycles. The minimum absolute atomic E-state index is 0.0611. The lowest BCUT2D eigenvalue weighted by Crippen LogP contribution is -2.04. The van der Waals surface area contributed by atoms with Crippen LogP contribution in [0.4, 0.5) is 20.2 Å². The van der Waals surface area contributed by atoms with Crippen LogP contribution in [0, 0.1) is 21.7 Å². The number of rotatable bonds is 4. The second-order valence-electron chi connectivity index (χ2n) is 3.99. The highest BCUT2D eigenvalue weighted by Crippen LogP contribution is 2.23. The van der Waals surface area contributed by atoms with Gasteiger partial charge in [0.1, 0.15) is 5.82 Å². The molecule has 0 aliphatic rings. The second kappa shape index (κ2) is 5.96. The Labute approximate surface area is 121 Å². The second-order valence-corrected chi connectivity index (χ2v) is 4.84. The zero-order valence-corrected chi connectivity index (χ0v) is 11.7. The molecule has 0 unspecified atom stereocenters. The summed E-state index contributed by atoms with van der Waals surface area (Å²) in [5, 5.41) is 13.5. The largest absolute Gasteiger partial charge is 0.381 e. The molecule has 0 saturated carbocycles. The summed E-state index contributed by atoms with van der Waals surface area (Å²) in [5.74, 6) is -1.27. The first-order valence-electron chi connectivity index (χ1n) is 5.59. The van der Waals surface area contributed by atoms with Gasteiger partial charge in [-0.05, 0) is 34.1 Å². The summed E-state index contributed by atoms with van der Waals surface area (Å²) in [6, 6.07) is 8.23. The van der Waals surface area contributed by atoms with Gasteiger partial charge in [-0.1, -0.05) is 12.1 Å². The first-order valence-corrected chi connectivity index (χ1v) is 6.39. The number of anilines is 1. The summed E-state index contributed by atoms with van der Waals surface area (Å²) in [7, 11) is 0. The fourth-order valence-corrected chi connectivity index (χ4v) is 2.03. The Morgan fingerprint density at radius 1 is 1.25 bits per heavy atom. The molecule has 0 fully saturated rings. The predicted molar refractivity (Wildman–Crippen MR) is 74.5 cm³/mol. The van der Waals surface area contributed by atoms with E-state index >= 15 is 0 Å². The van der Waals surface area contributed by atoms with Gasteiger partial charge >= 0.3 is 5.69 Å². The standard InChI is InChI=1S/C13H9BrF2N2O2/c14-10-6-9(4-5-11(10)15)17-7-8-2-1-3-12(13(8)16)18(19)20/h1-6,17H,7H2. The fraction of sp³-hybridized carbons (Fsp3) is 0.0769. The Bertz CT molecular complexity index is 665. The van der Waals surface area contributed by atoms with Gasteiger partial charge in [-0.15, -0.1) is 0 Å². The lowest BCUT2D eigenvalue weighted by atomic mass is 10.2. The fourth-order valence-electron chi connectivity index (χ4n) is 1.65. The predicted octanol–water partition coefficient (Wildman–Crippen LogP) is 4.25. The minimum atomic E-state index is -0.869. The molecular formula is C13H9BrF2N2O2. The van der Waals surface area contributed by atoms with Gasteiger partial charge in [-0.25, -0.2) is 4.39 Å². The highest BCUT2D eigenvalue weighted by atomic mass is 79.9. The van der Waals surface area contributed by atoms with E-state index in [9.17, 15) is 18.9 Å². The van der Waals surface area contributed by atoms with Crippen molar-refractivity contribution in [3.05, 3.63) is 68.2 Å². The van der Waals surface area contributed by atoms with Crippen LogP contribution in [0.2, 0.25) is 0 Å². The number of nitro groups is 1. The number of hydrogen-bond acceptors (Lipinski definition) is 3. The highest BCUT2D eigenvalue weighted by molar-refractivity contribution is 9.10. The average molecular weight is 343 g/mol. The Kier molecular flexibility index (Phi) is 4.29. The first kappa shape index (κ1) is 14.4. The van der Waals surface area contributed by atoms with Crippen molar-refractivity contribution in [2.75, 3.05) is 5.32 Å². The number of nitro benzene ring substituents is 1. The maximum atomic E-state index is 13.8. The Hall–Kier alpha value is -2.02. The molecule has 1 N–H and O–H groups in total. The third kappa shape index (κ3) is 3.11. The van der Waals surface area contributed by atoms with Gasteiger partial charge < -0.3 is 5.32 Å². The van der Waals surface area contributed by atoms with E-state index in [-0.39, 0.29) is 16.6 Å². The van der Waals surface area contributed by atoms with Crippen LogP contribution in [-0.4, -0.2) is 4.92 Å². The van der Waals surface area contributed by atoms with E-state index in [0.29, 0.717) is 5.69 Å². The van der Waals surface area contributed by atoms with E-state index in [0.717, 1.165) is 6.07 Å². The van der Waals surface area contributed by atoms with Gasteiger partial charge in [0.05, 0.1) is 9.40 Å². The summed E-state index contributed by atoms with van der Waals surface area (Å²) >= 11 is 3.04. The summed E-state index contributed by atoms with van der Waals surface area (Å²) in [6.45, 7) is 0.0611. The zero-order valence-electron chi connectivity index (χ0n) is 10.1. The molecule has 7 heteroatoms. The maximum absolute atomic E-state index is 13.8. The smallest absolute Gasteiger partial charge is 0.305 e. The van der Waals surface area contributed by atoms with Gasteiger partial charge in [0, 0.05) is 23.9 Å². The molecular weight excluding hydrogens is 334 g/mol. The highest BCUT2D eigenvalue weighted by Gasteiger charge is 2.16. The summed E-state index contributed by atoms with van der Waals surface area (Å²) in [4.78, 5) is 9.86. The van der Waals surface area contributed by atoms with Crippen LogP contribution >= 0.6 is 15.9 Å². The van der Waals surface area contributed by atoms with Crippen molar-refractivity contribution in [2.45, 2.75) is 6.54 Å². The minimum Gasteiger partial charge on any atom is -0.381 e. The van der Waals surface area contributed by atoms with Crippen molar-refractivity contribution in [2.24, 2.45) is 0 Å². The lowest BCUT2D eigenvalue weighted by Gasteiger charge is -2.08. The van der Waals surface area contributed by atoms with Crippen LogP contribution in [0.15, 0.2) is 40.9 Å². The van der Waals surface area contributed by atoms with Gasteiger partial charge in [-0.2, -0.15) is 4.39 Å². The molecule has 0 bridgehead atoms. The normalized spacial score (nSPS) is 10.3. The van der Waals surface area contributed by atoms with Crippen molar-refractivity contribution in [1.29, 1.82) is 0 Å². The van der Waals surface area contributed by atoms with E-state index in [1.807, 2.05) is 0 Å². The van der Waals surface area contributed by atoms with Crippen LogP contribution in [0.1, 0.15) is 5.56 Å². The molecule has 20 heavy (non-hydrogen) atoms. The van der Waals surface area contributed by atoms with E-state index in [4.69, 9.17) is 0 Å². The Morgan fingerprint density at radius 3 is 2.65 bits per heavy atom. The average Bonchev–Trinajstić information content (AvgIpc) is 2.41. The van der Waals surface area contributed by atoms with E-state index < -0.39 is 22.2 Å². The van der Waals surface area contributed by atoms with Gasteiger partial charge in [0.2, 0.25) is 5.82 Å². The van der Waals surface area contributed by atoms with Crippen molar-refractivity contribution >= 4 is 27.3 Å². The van der Waals surface area contributed by atoms with Crippen molar-refractivity contribution in [3.8, 4) is 0 Å². The van der Waals surface area contributed by atoms with Crippen molar-refractivity contribution in [1.82, 2.24) is 0 Å². The number of halogens is 3. The molecule has 2 rings (SSSR count). The SMILES string of the molecule is O=[N+]([O-])c1cccc(CNc2ccc(F)c(Br)c2)c1F. The van der Waals surface area contributed by atoms with Gasteiger partial charge in [0.25, 0.3) is 0 Å². The molecule has 0 heterocycles. The summed E-state index contributed by atoms with van der Waals surface area (Å²) < 4.78 is 27.2. The molecule has 0 radical (unpaired) electrons. The van der Waals surface area contributed by atoms with Crippen LogP contribution in [0.25, 0.3) is 0 Å². The quantitative estimate of drug-likeness (QED) is 0.667. The first-order chi connectivity index (χ1) is 9.49. The molecule has 0 saturated heterocycles. The van der Waals surface area contributed by atoms with Gasteiger partial charge in [-0.3, -0.25) is 10.1 Å². The third-order valence-electron chi connectivity index (χ3n) is 2.66. The summed E-state index contributed by atoms with van der Waals surface area (Å²) in [5.41, 5.74) is 0.174. The van der Waals surface area contributed by atoms with Crippen LogP contribution in [0.3, 0.4) is 0 Å². The zero-order chi connectivity index (χ0) is 14.7. The maximum Gasteiger partial charge on any atom is 0.305 e. The number of nitrogens with one attached hydrogen (secondary N) is 1. The van der Waals surface area contributed by atoms with Crippen LogP contribution in [-0.2, 0) is 6.54 Å². The molecule has 0 spiro atoms. The number of benzene rings is 2. The summed E-state index contributed by atoms with van der Waals surface area (Å²) in [6.07, 6.45) is 0. The van der Waals surface area contributed by atoms with Crippen LogP contribution in [0.5, 0.6) is 0 Å². The topological polar surface area (TPSA) is 55.2 Å². The molecule has 2 aromatic rings. The third-order valence-corrected chi connectivity index (χ3v) is 3.27. The Morgan fingerprint density at radius 2 is 2.00 bits per heavy atom. The molecule has 4 nitrogen and oxygen atoms in total. The molecule has 0 aliphatic heterocycles. The van der Waals surface area contributed by atoms with E-state index in [2.05, 4.69) is 21.2 Å². The lowest BCUT2D eigenvalue weighted by molar-refractivity contribution is -0.387.